The number of carbonyl (C=O) groups is 1. The average molecular weight is 541 g/mol. The first-order valence-electron chi connectivity index (χ1n) is 13.2. The Morgan fingerprint density at radius 3 is 1.69 bits per heavy atom. The minimum absolute atomic E-state index is 0.115. The second-order valence-electron chi connectivity index (χ2n) is 8.39. The molecule has 0 aliphatic carbocycles. The van der Waals surface area contributed by atoms with Gasteiger partial charge < -0.3 is 41.7 Å². The maximum Gasteiger partial charge on any atom is 0.575 e. The van der Waals surface area contributed by atoms with Crippen LogP contribution in [0.3, 0.4) is 0 Å². The number of methoxy groups -OCH3 is 3. The summed E-state index contributed by atoms with van der Waals surface area (Å²) in [7, 11) is 1.16. The lowest BCUT2D eigenvalue weighted by atomic mass is 10.1. The Hall–Kier alpha value is -0.473. The molecule has 1 atom stereocenters. The smallest absolute Gasteiger partial charge is 0.382 e. The van der Waals surface area contributed by atoms with E-state index < -0.39 is 8.80 Å². The highest BCUT2D eigenvalue weighted by atomic mass is 28.4. The van der Waals surface area contributed by atoms with E-state index in [2.05, 4.69) is 6.92 Å². The van der Waals surface area contributed by atoms with Crippen LogP contribution in [0.1, 0.15) is 58.8 Å². The van der Waals surface area contributed by atoms with Crippen molar-refractivity contribution in [3.05, 3.63) is 0 Å². The molecule has 0 fully saturated rings. The lowest BCUT2D eigenvalue weighted by Crippen LogP contribution is -2.56. The molecule has 36 heavy (non-hydrogen) atoms. The maximum atomic E-state index is 13.5. The summed E-state index contributed by atoms with van der Waals surface area (Å²) in [5.74, 6) is 0. The van der Waals surface area contributed by atoms with E-state index in [0.29, 0.717) is 59.3 Å². The van der Waals surface area contributed by atoms with Gasteiger partial charge in [-0.05, 0) is 13.3 Å². The van der Waals surface area contributed by atoms with Gasteiger partial charge in [0.2, 0.25) is 5.41 Å². The molecule has 0 aromatic rings. The molecule has 0 heterocycles. The van der Waals surface area contributed by atoms with Crippen LogP contribution in [-0.4, -0.2) is 114 Å². The minimum atomic E-state index is -3.69. The fourth-order valence-corrected chi connectivity index (χ4v) is 5.53. The van der Waals surface area contributed by atoms with Crippen molar-refractivity contribution in [2.75, 3.05) is 94.0 Å². The molecule has 0 aliphatic rings. The van der Waals surface area contributed by atoms with E-state index in [0.717, 1.165) is 19.3 Å². The second-order valence-corrected chi connectivity index (χ2v) is 10.9. The molecule has 0 aromatic heterocycles. The van der Waals surface area contributed by atoms with E-state index in [9.17, 15) is 4.79 Å². The van der Waals surface area contributed by atoms with Crippen LogP contribution in [0.15, 0.2) is 0 Å². The molecule has 0 bridgehead atoms. The third kappa shape index (κ3) is 19.6. The van der Waals surface area contributed by atoms with Gasteiger partial charge in [-0.15, -0.1) is 0 Å². The van der Waals surface area contributed by atoms with Gasteiger partial charge >= 0.3 is 8.80 Å². The molecule has 0 spiro atoms. The Morgan fingerprint density at radius 1 is 0.639 bits per heavy atom. The maximum absolute atomic E-state index is 13.5. The van der Waals surface area contributed by atoms with Crippen molar-refractivity contribution in [1.29, 1.82) is 0 Å². The van der Waals surface area contributed by atoms with Crippen LogP contribution in [0.4, 0.5) is 0 Å². The summed E-state index contributed by atoms with van der Waals surface area (Å²) >= 11 is 0. The van der Waals surface area contributed by atoms with E-state index in [1.54, 1.807) is 21.3 Å². The molecule has 0 aromatic carbocycles. The van der Waals surface area contributed by atoms with Crippen LogP contribution in [-0.2, 0) is 46.5 Å². The predicted molar refractivity (Wildman–Crippen MR) is 139 cm³/mol. The normalized spacial score (nSPS) is 12.8. The summed E-state index contributed by atoms with van der Waals surface area (Å²) in [6.07, 6.45) is 6.58. The van der Waals surface area contributed by atoms with Gasteiger partial charge in [0.1, 0.15) is 0 Å². The number of rotatable bonds is 29. The number of hydrogen-bond acceptors (Lipinski definition) is 10. The van der Waals surface area contributed by atoms with E-state index in [1.165, 1.54) is 19.3 Å². The zero-order chi connectivity index (χ0) is 26.7. The van der Waals surface area contributed by atoms with Crippen molar-refractivity contribution in [3.8, 4) is 0 Å². The molecule has 11 heteroatoms. The molecule has 0 saturated carbocycles. The van der Waals surface area contributed by atoms with Gasteiger partial charge in [0.05, 0.1) is 78.8 Å². The van der Waals surface area contributed by atoms with Gasteiger partial charge in [-0.2, -0.15) is 0 Å². The van der Waals surface area contributed by atoms with E-state index in [4.69, 9.17) is 41.7 Å². The quantitative estimate of drug-likeness (QED) is 0.104. The van der Waals surface area contributed by atoms with Gasteiger partial charge in [-0.1, -0.05) is 39.0 Å². The highest BCUT2D eigenvalue weighted by Gasteiger charge is 2.50. The van der Waals surface area contributed by atoms with Gasteiger partial charge in [-0.25, -0.2) is 0 Å². The van der Waals surface area contributed by atoms with Crippen molar-refractivity contribution < 1.29 is 46.5 Å². The van der Waals surface area contributed by atoms with Gasteiger partial charge in [0.15, 0.2) is 0 Å². The van der Waals surface area contributed by atoms with E-state index in [-0.39, 0.29) is 31.3 Å². The number of hydrogen-bond donors (Lipinski definition) is 0. The van der Waals surface area contributed by atoms with Crippen LogP contribution in [0.2, 0.25) is 0 Å². The molecular formula is C25H52O10Si. The molecule has 0 aliphatic heterocycles. The zero-order valence-electron chi connectivity index (χ0n) is 23.4. The Labute approximate surface area is 219 Å². The Bertz CT molecular complexity index is 468. The fourth-order valence-electron chi connectivity index (χ4n) is 3.15. The van der Waals surface area contributed by atoms with Crippen LogP contribution >= 0.6 is 0 Å². The summed E-state index contributed by atoms with van der Waals surface area (Å²) < 4.78 is 50.1. The fraction of sp³-hybridized carbons (Fsp3) is 0.960. The van der Waals surface area contributed by atoms with Crippen molar-refractivity contribution >= 4 is 14.2 Å². The first-order chi connectivity index (χ1) is 17.6. The molecule has 10 nitrogen and oxygen atoms in total. The van der Waals surface area contributed by atoms with E-state index >= 15 is 0 Å². The predicted octanol–water partition coefficient (Wildman–Crippen LogP) is 3.21. The van der Waals surface area contributed by atoms with Crippen LogP contribution in [0.25, 0.3) is 0 Å². The highest BCUT2D eigenvalue weighted by molar-refractivity contribution is 6.92. The SMILES string of the molecule is CCCCCCCCC(=O)[Si](OCCOCCOC)(OCCOCCOC)OCC(C)OCCOC. The largest absolute Gasteiger partial charge is 0.575 e. The molecular weight excluding hydrogens is 488 g/mol. The van der Waals surface area contributed by atoms with Crippen molar-refractivity contribution in [1.82, 2.24) is 0 Å². The third-order valence-corrected chi connectivity index (χ3v) is 7.85. The number of carbonyl (C=O) groups excluding carboxylic acids is 1. The lowest BCUT2D eigenvalue weighted by molar-refractivity contribution is -0.121. The standard InChI is InChI=1S/C25H52O10Si/c1-6-7-8-9-10-11-12-25(26)36(33-21-18-30-16-13-27-3,34-22-19-31-17-14-28-4)35-23-24(2)32-20-15-29-5/h24H,6-23H2,1-5H3. The zero-order valence-corrected chi connectivity index (χ0v) is 24.4. The van der Waals surface area contributed by atoms with Crippen LogP contribution in [0.5, 0.6) is 0 Å². The summed E-state index contributed by atoms with van der Waals surface area (Å²) in [6, 6.07) is 0. The number of ether oxygens (including phenoxy) is 6. The minimum Gasteiger partial charge on any atom is -0.382 e. The number of unbranched alkanes of at least 4 members (excludes halogenated alkanes) is 5. The van der Waals surface area contributed by atoms with Gasteiger partial charge in [0.25, 0.3) is 0 Å². The van der Waals surface area contributed by atoms with Crippen LogP contribution in [0, 0.1) is 0 Å². The topological polar surface area (TPSA) is 100 Å². The second kappa shape index (κ2) is 26.1. The summed E-state index contributed by atoms with van der Waals surface area (Å²) in [6.45, 7) is 8.00. The van der Waals surface area contributed by atoms with Crippen molar-refractivity contribution in [2.24, 2.45) is 0 Å². The molecule has 0 amide bonds. The third-order valence-electron chi connectivity index (χ3n) is 5.20. The van der Waals surface area contributed by atoms with Gasteiger partial charge in [-0.3, -0.25) is 4.79 Å². The Balaban J connectivity index is 5.15. The first kappa shape index (κ1) is 35.5. The van der Waals surface area contributed by atoms with Crippen molar-refractivity contribution in [3.63, 3.8) is 0 Å². The van der Waals surface area contributed by atoms with E-state index in [1.807, 2.05) is 6.92 Å². The molecule has 0 rings (SSSR count). The summed E-state index contributed by atoms with van der Waals surface area (Å²) in [5, 5.41) is -0.115. The summed E-state index contributed by atoms with van der Waals surface area (Å²) in [4.78, 5) is 13.5. The Kier molecular flexibility index (Phi) is 25.8. The van der Waals surface area contributed by atoms with Gasteiger partial charge in [0, 0.05) is 27.8 Å². The monoisotopic (exact) mass is 540 g/mol. The molecule has 216 valence electrons. The van der Waals surface area contributed by atoms with Crippen molar-refractivity contribution in [2.45, 2.75) is 64.9 Å². The average Bonchev–Trinajstić information content (AvgIpc) is 2.88. The molecule has 0 saturated heterocycles. The molecule has 0 N–H and O–H groups in total. The first-order valence-corrected chi connectivity index (χ1v) is 15.0. The highest BCUT2D eigenvalue weighted by Crippen LogP contribution is 2.18. The molecule has 1 unspecified atom stereocenters. The summed E-state index contributed by atoms with van der Waals surface area (Å²) in [5.41, 5.74) is 0. The van der Waals surface area contributed by atoms with Crippen LogP contribution < -0.4 is 0 Å². The molecule has 0 radical (unpaired) electrons. The lowest BCUT2D eigenvalue weighted by Gasteiger charge is -2.29. The Morgan fingerprint density at radius 2 is 1.14 bits per heavy atom.